The number of methoxy groups -OCH3 is 1. The summed E-state index contributed by atoms with van der Waals surface area (Å²) >= 11 is 0. The Morgan fingerprint density at radius 1 is 1.00 bits per heavy atom. The molecule has 1 rings (SSSR count). The van der Waals surface area contributed by atoms with Crippen LogP contribution in [0.3, 0.4) is 0 Å². The summed E-state index contributed by atoms with van der Waals surface area (Å²) in [5, 5.41) is 8.70. The summed E-state index contributed by atoms with van der Waals surface area (Å²) in [6, 6.07) is 5.73. The quantitative estimate of drug-likeness (QED) is 0.612. The fraction of sp³-hybridized carbons (Fsp3) is 0.500. The number of hydrogen-bond acceptors (Lipinski definition) is 5. The third-order valence-electron chi connectivity index (χ3n) is 2.30. The maximum Gasteiger partial charge on any atom is 0.128 e. The van der Waals surface area contributed by atoms with Crippen LogP contribution < -0.4 is 4.74 Å². The van der Waals surface area contributed by atoms with Crippen LogP contribution in [0, 0.1) is 17.1 Å². The molecule has 5 nitrogen and oxygen atoms in total. The molecule has 0 spiro atoms. The Morgan fingerprint density at radius 2 is 1.65 bits per heavy atom. The second kappa shape index (κ2) is 10.1. The number of ether oxygens (including phenoxy) is 4. The van der Waals surface area contributed by atoms with Crippen LogP contribution in [-0.4, -0.2) is 46.8 Å². The standard InChI is InChI=1S/C14H18FNO4/c1-17-2-3-18-4-5-19-6-7-20-14-9-12(11-16)8-13(15)10-14/h8-10H,2-7H2,1H3. The first-order valence-electron chi connectivity index (χ1n) is 6.24. The van der Waals surface area contributed by atoms with Gasteiger partial charge in [0.1, 0.15) is 18.2 Å². The number of nitriles is 1. The lowest BCUT2D eigenvalue weighted by molar-refractivity contribution is 0.0179. The largest absolute Gasteiger partial charge is 0.491 e. The summed E-state index contributed by atoms with van der Waals surface area (Å²) in [7, 11) is 1.61. The maximum atomic E-state index is 13.1. The summed E-state index contributed by atoms with van der Waals surface area (Å²) in [5.41, 5.74) is 0.229. The van der Waals surface area contributed by atoms with Gasteiger partial charge in [-0.3, -0.25) is 0 Å². The van der Waals surface area contributed by atoms with Crippen molar-refractivity contribution in [2.24, 2.45) is 0 Å². The lowest BCUT2D eigenvalue weighted by atomic mass is 10.2. The molecule has 0 atom stereocenters. The fourth-order valence-corrected chi connectivity index (χ4v) is 1.39. The van der Waals surface area contributed by atoms with Crippen LogP contribution in [0.5, 0.6) is 5.75 Å². The summed E-state index contributed by atoms with van der Waals surface area (Å²) in [6.07, 6.45) is 0. The molecule has 0 aliphatic rings. The molecule has 0 saturated heterocycles. The van der Waals surface area contributed by atoms with Gasteiger partial charge in [-0.05, 0) is 12.1 Å². The molecule has 1 aromatic carbocycles. The van der Waals surface area contributed by atoms with Gasteiger partial charge in [-0.1, -0.05) is 0 Å². The highest BCUT2D eigenvalue weighted by atomic mass is 19.1. The van der Waals surface area contributed by atoms with Gasteiger partial charge in [-0.2, -0.15) is 5.26 Å². The molecule has 0 bridgehead atoms. The summed E-state index contributed by atoms with van der Waals surface area (Å²) in [6.45, 7) is 2.69. The predicted octanol–water partition coefficient (Wildman–Crippen LogP) is 1.76. The number of nitrogens with zero attached hydrogens (tertiary/aromatic N) is 1. The van der Waals surface area contributed by atoms with Crippen LogP contribution in [0.4, 0.5) is 4.39 Å². The van der Waals surface area contributed by atoms with E-state index in [1.807, 2.05) is 6.07 Å². The van der Waals surface area contributed by atoms with Gasteiger partial charge in [0, 0.05) is 13.2 Å². The molecule has 0 saturated carbocycles. The average molecular weight is 283 g/mol. The second-order valence-corrected chi connectivity index (χ2v) is 3.85. The van der Waals surface area contributed by atoms with Gasteiger partial charge in [0.05, 0.1) is 44.7 Å². The highest BCUT2D eigenvalue weighted by Crippen LogP contribution is 2.15. The zero-order chi connectivity index (χ0) is 14.6. The third kappa shape index (κ3) is 7.04. The Morgan fingerprint density at radius 3 is 2.30 bits per heavy atom. The predicted molar refractivity (Wildman–Crippen MR) is 70.1 cm³/mol. The van der Waals surface area contributed by atoms with Crippen LogP contribution in [0.25, 0.3) is 0 Å². The normalized spacial score (nSPS) is 10.2. The zero-order valence-electron chi connectivity index (χ0n) is 11.4. The Bertz CT molecular complexity index is 434. The minimum absolute atomic E-state index is 0.229. The van der Waals surface area contributed by atoms with Crippen molar-refractivity contribution in [1.29, 1.82) is 5.26 Å². The van der Waals surface area contributed by atoms with Crippen LogP contribution in [0.1, 0.15) is 5.56 Å². The number of rotatable bonds is 10. The van der Waals surface area contributed by atoms with E-state index in [1.165, 1.54) is 12.1 Å². The van der Waals surface area contributed by atoms with Crippen molar-refractivity contribution in [2.45, 2.75) is 0 Å². The van der Waals surface area contributed by atoms with Crippen molar-refractivity contribution in [3.8, 4) is 11.8 Å². The van der Waals surface area contributed by atoms with E-state index < -0.39 is 5.82 Å². The first kappa shape index (κ1) is 16.4. The molecule has 0 aliphatic carbocycles. The van der Waals surface area contributed by atoms with Gasteiger partial charge in [-0.25, -0.2) is 4.39 Å². The van der Waals surface area contributed by atoms with Crippen molar-refractivity contribution >= 4 is 0 Å². The molecule has 0 aromatic heterocycles. The van der Waals surface area contributed by atoms with Crippen molar-refractivity contribution in [1.82, 2.24) is 0 Å². The van der Waals surface area contributed by atoms with E-state index in [9.17, 15) is 4.39 Å². The number of benzene rings is 1. The molecule has 6 heteroatoms. The maximum absolute atomic E-state index is 13.1. The Labute approximate surface area is 117 Å². The van der Waals surface area contributed by atoms with Gasteiger partial charge in [0.2, 0.25) is 0 Å². The van der Waals surface area contributed by atoms with Crippen LogP contribution >= 0.6 is 0 Å². The van der Waals surface area contributed by atoms with E-state index in [1.54, 1.807) is 7.11 Å². The van der Waals surface area contributed by atoms with Gasteiger partial charge >= 0.3 is 0 Å². The minimum atomic E-state index is -0.494. The van der Waals surface area contributed by atoms with Crippen LogP contribution in [0.2, 0.25) is 0 Å². The zero-order valence-corrected chi connectivity index (χ0v) is 11.4. The second-order valence-electron chi connectivity index (χ2n) is 3.85. The molecular formula is C14H18FNO4. The summed E-state index contributed by atoms with van der Waals surface area (Å²) < 4.78 is 33.7. The van der Waals surface area contributed by atoms with E-state index in [0.29, 0.717) is 38.8 Å². The van der Waals surface area contributed by atoms with Gasteiger partial charge in [-0.15, -0.1) is 0 Å². The van der Waals surface area contributed by atoms with Crippen molar-refractivity contribution in [3.05, 3.63) is 29.6 Å². The smallest absolute Gasteiger partial charge is 0.128 e. The molecule has 0 radical (unpaired) electrons. The highest BCUT2D eigenvalue weighted by Gasteiger charge is 2.01. The van der Waals surface area contributed by atoms with Gasteiger partial charge in [0.15, 0.2) is 0 Å². The van der Waals surface area contributed by atoms with Crippen molar-refractivity contribution < 1.29 is 23.3 Å². The molecule has 0 amide bonds. The summed E-state index contributed by atoms with van der Waals surface area (Å²) in [4.78, 5) is 0. The Kier molecular flexibility index (Phi) is 8.31. The average Bonchev–Trinajstić information content (AvgIpc) is 2.45. The molecule has 0 unspecified atom stereocenters. The van der Waals surface area contributed by atoms with Gasteiger partial charge < -0.3 is 18.9 Å². The van der Waals surface area contributed by atoms with Crippen molar-refractivity contribution in [2.75, 3.05) is 46.8 Å². The van der Waals surface area contributed by atoms with Crippen molar-refractivity contribution in [3.63, 3.8) is 0 Å². The molecule has 110 valence electrons. The fourth-order valence-electron chi connectivity index (χ4n) is 1.39. The van der Waals surface area contributed by atoms with E-state index in [2.05, 4.69) is 0 Å². The molecule has 0 heterocycles. The molecule has 0 aliphatic heterocycles. The molecule has 20 heavy (non-hydrogen) atoms. The SMILES string of the molecule is COCCOCCOCCOc1cc(F)cc(C#N)c1. The van der Waals surface area contributed by atoms with E-state index in [0.717, 1.165) is 6.07 Å². The minimum Gasteiger partial charge on any atom is -0.491 e. The summed E-state index contributed by atoms with van der Waals surface area (Å²) in [5.74, 6) is -0.173. The topological polar surface area (TPSA) is 60.7 Å². The van der Waals surface area contributed by atoms with E-state index >= 15 is 0 Å². The highest BCUT2D eigenvalue weighted by molar-refractivity contribution is 5.36. The third-order valence-corrected chi connectivity index (χ3v) is 2.30. The number of halogens is 1. The first-order chi connectivity index (χ1) is 9.76. The van der Waals surface area contributed by atoms with Gasteiger partial charge in [0.25, 0.3) is 0 Å². The lowest BCUT2D eigenvalue weighted by Crippen LogP contribution is -2.12. The van der Waals surface area contributed by atoms with Crippen LogP contribution in [0.15, 0.2) is 18.2 Å². The molecule has 1 aromatic rings. The Hall–Kier alpha value is -1.68. The number of hydrogen-bond donors (Lipinski definition) is 0. The van der Waals surface area contributed by atoms with Crippen LogP contribution in [-0.2, 0) is 14.2 Å². The molecule has 0 fully saturated rings. The lowest BCUT2D eigenvalue weighted by Gasteiger charge is -2.08. The molecular weight excluding hydrogens is 265 g/mol. The van der Waals surface area contributed by atoms with E-state index in [4.69, 9.17) is 24.2 Å². The van der Waals surface area contributed by atoms with E-state index in [-0.39, 0.29) is 12.2 Å². The monoisotopic (exact) mass is 283 g/mol. The first-order valence-corrected chi connectivity index (χ1v) is 6.24. The Balaban J connectivity index is 2.10. The molecule has 0 N–H and O–H groups in total.